The molecule has 0 aliphatic carbocycles. The van der Waals surface area contributed by atoms with Crippen LogP contribution in [0.2, 0.25) is 0 Å². The number of esters is 1. The Balaban J connectivity index is 1.79. The number of carbonyl (C=O) groups is 1. The Labute approximate surface area is 163 Å². The first-order chi connectivity index (χ1) is 12.7. The highest BCUT2D eigenvalue weighted by Crippen LogP contribution is 2.45. The number of pyridine rings is 1. The Morgan fingerprint density at radius 3 is 2.41 bits per heavy atom. The van der Waals surface area contributed by atoms with Gasteiger partial charge in [-0.15, -0.1) is 0 Å². The molecular formula is C23H33NO3. The van der Waals surface area contributed by atoms with E-state index in [1.807, 2.05) is 37.3 Å². The van der Waals surface area contributed by atoms with Gasteiger partial charge in [0.15, 0.2) is 0 Å². The molecule has 4 nitrogen and oxygen atoms in total. The van der Waals surface area contributed by atoms with Gasteiger partial charge in [-0.3, -0.25) is 9.78 Å². The van der Waals surface area contributed by atoms with Crippen molar-refractivity contribution >= 4 is 16.9 Å². The maximum absolute atomic E-state index is 12.7. The summed E-state index contributed by atoms with van der Waals surface area (Å²) in [6.45, 7) is 13.5. The first-order valence-electron chi connectivity index (χ1n) is 9.81. The number of unbranched alkanes of at least 4 members (excludes halogenated alkanes) is 1. The van der Waals surface area contributed by atoms with Crippen molar-refractivity contribution in [3.05, 3.63) is 36.5 Å². The lowest BCUT2D eigenvalue weighted by Crippen LogP contribution is -2.45. The van der Waals surface area contributed by atoms with Crippen LogP contribution in [0, 0.1) is 16.7 Å². The molecule has 4 heteroatoms. The van der Waals surface area contributed by atoms with Gasteiger partial charge in [-0.2, -0.15) is 0 Å². The molecule has 27 heavy (non-hydrogen) atoms. The molecule has 2 rings (SSSR count). The second-order valence-corrected chi connectivity index (χ2v) is 8.62. The van der Waals surface area contributed by atoms with Crippen molar-refractivity contribution in [2.24, 2.45) is 16.7 Å². The summed E-state index contributed by atoms with van der Waals surface area (Å²) in [5.41, 5.74) is 0.280. The Bertz CT molecular complexity index is 758. The van der Waals surface area contributed by atoms with Crippen molar-refractivity contribution in [1.82, 2.24) is 4.98 Å². The molecule has 0 spiro atoms. The quantitative estimate of drug-likeness (QED) is 0.445. The van der Waals surface area contributed by atoms with Crippen molar-refractivity contribution in [1.29, 1.82) is 0 Å². The summed E-state index contributed by atoms with van der Waals surface area (Å²) in [6.07, 6.45) is 3.40. The van der Waals surface area contributed by atoms with E-state index in [1.165, 1.54) is 0 Å². The number of carbonyl (C=O) groups excluding carboxylic acids is 1. The number of hydrogen-bond donors (Lipinski definition) is 0. The van der Waals surface area contributed by atoms with Gasteiger partial charge in [-0.05, 0) is 55.4 Å². The van der Waals surface area contributed by atoms with Crippen LogP contribution in [0.5, 0.6) is 5.75 Å². The van der Waals surface area contributed by atoms with Crippen LogP contribution >= 0.6 is 0 Å². The first kappa shape index (κ1) is 21.2. The standard InChI is InChI=1S/C23H33NO3/c1-17(2)23(6,22(3,4)5)21(25)27-16-8-7-15-26-20-13-9-12-19-18(20)11-10-14-24-19/h9-14,17H,7-8,15-16H2,1-6H3. The van der Waals surface area contributed by atoms with E-state index in [9.17, 15) is 4.79 Å². The first-order valence-corrected chi connectivity index (χ1v) is 9.81. The molecule has 2 aromatic rings. The van der Waals surface area contributed by atoms with Gasteiger partial charge in [0.1, 0.15) is 5.75 Å². The van der Waals surface area contributed by atoms with E-state index in [0.717, 1.165) is 29.5 Å². The lowest BCUT2D eigenvalue weighted by atomic mass is 9.62. The fourth-order valence-corrected chi connectivity index (χ4v) is 3.31. The Morgan fingerprint density at radius 2 is 1.74 bits per heavy atom. The van der Waals surface area contributed by atoms with Gasteiger partial charge in [0.2, 0.25) is 0 Å². The van der Waals surface area contributed by atoms with Crippen LogP contribution in [-0.2, 0) is 9.53 Å². The predicted molar refractivity (Wildman–Crippen MR) is 110 cm³/mol. The van der Waals surface area contributed by atoms with Crippen LogP contribution in [-0.4, -0.2) is 24.2 Å². The van der Waals surface area contributed by atoms with Crippen LogP contribution in [0.25, 0.3) is 10.9 Å². The average Bonchev–Trinajstić information content (AvgIpc) is 2.62. The van der Waals surface area contributed by atoms with Gasteiger partial charge >= 0.3 is 5.97 Å². The zero-order chi connectivity index (χ0) is 20.1. The summed E-state index contributed by atoms with van der Waals surface area (Å²) >= 11 is 0. The molecule has 0 amide bonds. The van der Waals surface area contributed by atoms with Gasteiger partial charge < -0.3 is 9.47 Å². The van der Waals surface area contributed by atoms with E-state index in [0.29, 0.717) is 13.2 Å². The zero-order valence-electron chi connectivity index (χ0n) is 17.5. The number of benzene rings is 1. The molecule has 1 atom stereocenters. The number of rotatable bonds is 8. The molecule has 0 fully saturated rings. The molecule has 1 aromatic heterocycles. The Kier molecular flexibility index (Phi) is 6.85. The van der Waals surface area contributed by atoms with Crippen LogP contribution in [0.1, 0.15) is 54.4 Å². The Morgan fingerprint density at radius 1 is 1.04 bits per heavy atom. The summed E-state index contributed by atoms with van der Waals surface area (Å²) in [5, 5.41) is 1.02. The highest BCUT2D eigenvalue weighted by molar-refractivity contribution is 5.84. The van der Waals surface area contributed by atoms with E-state index in [2.05, 4.69) is 39.6 Å². The molecule has 0 aliphatic heterocycles. The largest absolute Gasteiger partial charge is 0.493 e. The third-order valence-electron chi connectivity index (χ3n) is 5.77. The SMILES string of the molecule is CC(C)C(C)(C(=O)OCCCCOc1cccc2ncccc12)C(C)(C)C. The van der Waals surface area contributed by atoms with E-state index in [-0.39, 0.29) is 17.3 Å². The number of hydrogen-bond acceptors (Lipinski definition) is 4. The van der Waals surface area contributed by atoms with Crippen LogP contribution in [0.15, 0.2) is 36.5 Å². The van der Waals surface area contributed by atoms with Crippen molar-refractivity contribution < 1.29 is 14.3 Å². The fraction of sp³-hybridized carbons (Fsp3) is 0.565. The van der Waals surface area contributed by atoms with E-state index >= 15 is 0 Å². The van der Waals surface area contributed by atoms with Gasteiger partial charge in [-0.25, -0.2) is 0 Å². The lowest BCUT2D eigenvalue weighted by Gasteiger charge is -2.42. The second-order valence-electron chi connectivity index (χ2n) is 8.62. The van der Waals surface area contributed by atoms with Crippen molar-refractivity contribution in [3.8, 4) is 5.75 Å². The second kappa shape index (κ2) is 8.73. The molecule has 0 aliphatic rings. The van der Waals surface area contributed by atoms with Gasteiger partial charge in [0.05, 0.1) is 24.1 Å². The number of nitrogens with zero attached hydrogens (tertiary/aromatic N) is 1. The van der Waals surface area contributed by atoms with Crippen molar-refractivity contribution in [2.45, 2.75) is 54.4 Å². The van der Waals surface area contributed by atoms with Crippen LogP contribution in [0.4, 0.5) is 0 Å². The number of fused-ring (bicyclic) bond motifs is 1. The Hall–Kier alpha value is -2.10. The van der Waals surface area contributed by atoms with Crippen molar-refractivity contribution in [3.63, 3.8) is 0 Å². The maximum Gasteiger partial charge on any atom is 0.312 e. The monoisotopic (exact) mass is 371 g/mol. The van der Waals surface area contributed by atoms with Crippen molar-refractivity contribution in [2.75, 3.05) is 13.2 Å². The van der Waals surface area contributed by atoms with E-state index in [4.69, 9.17) is 9.47 Å². The minimum atomic E-state index is -0.501. The predicted octanol–water partition coefficient (Wildman–Crippen LogP) is 5.65. The van der Waals surface area contributed by atoms with Gasteiger partial charge in [-0.1, -0.05) is 40.7 Å². The molecule has 0 saturated carbocycles. The summed E-state index contributed by atoms with van der Waals surface area (Å²) in [6, 6.07) is 9.81. The highest BCUT2D eigenvalue weighted by atomic mass is 16.5. The minimum absolute atomic E-state index is 0.106. The molecule has 0 saturated heterocycles. The summed E-state index contributed by atoms with van der Waals surface area (Å²) in [7, 11) is 0. The average molecular weight is 372 g/mol. The fourth-order valence-electron chi connectivity index (χ4n) is 3.31. The molecule has 1 aromatic carbocycles. The van der Waals surface area contributed by atoms with E-state index in [1.54, 1.807) is 6.20 Å². The highest BCUT2D eigenvalue weighted by Gasteiger charge is 2.47. The summed E-state index contributed by atoms with van der Waals surface area (Å²) < 4.78 is 11.5. The zero-order valence-corrected chi connectivity index (χ0v) is 17.5. The van der Waals surface area contributed by atoms with E-state index < -0.39 is 5.41 Å². The number of aromatic nitrogens is 1. The lowest BCUT2D eigenvalue weighted by molar-refractivity contribution is -0.166. The maximum atomic E-state index is 12.7. The molecule has 0 N–H and O–H groups in total. The topological polar surface area (TPSA) is 48.4 Å². The normalized spacial score (nSPS) is 14.2. The van der Waals surface area contributed by atoms with Crippen LogP contribution in [0.3, 0.4) is 0 Å². The molecule has 1 unspecified atom stereocenters. The molecule has 0 bridgehead atoms. The van der Waals surface area contributed by atoms with Gasteiger partial charge in [0, 0.05) is 11.6 Å². The summed E-state index contributed by atoms with van der Waals surface area (Å²) in [5.74, 6) is 0.956. The van der Waals surface area contributed by atoms with Crippen LogP contribution < -0.4 is 4.74 Å². The minimum Gasteiger partial charge on any atom is -0.493 e. The van der Waals surface area contributed by atoms with Gasteiger partial charge in [0.25, 0.3) is 0 Å². The molecular weight excluding hydrogens is 338 g/mol. The molecule has 148 valence electrons. The third kappa shape index (κ3) is 4.79. The molecule has 0 radical (unpaired) electrons. The third-order valence-corrected chi connectivity index (χ3v) is 5.77. The smallest absolute Gasteiger partial charge is 0.312 e. The number of ether oxygens (including phenoxy) is 2. The summed E-state index contributed by atoms with van der Waals surface area (Å²) in [4.78, 5) is 17.0. The molecule has 1 heterocycles.